The third kappa shape index (κ3) is 3.91. The molecule has 0 unspecified atom stereocenters. The van der Waals surface area contributed by atoms with Gasteiger partial charge in [-0.2, -0.15) is 0 Å². The van der Waals surface area contributed by atoms with Gasteiger partial charge in [0, 0.05) is 18.2 Å². The molecule has 1 aliphatic carbocycles. The van der Waals surface area contributed by atoms with Crippen molar-refractivity contribution in [3.8, 4) is 5.75 Å². The zero-order chi connectivity index (χ0) is 23.0. The Balaban J connectivity index is 1.85. The molecular weight excluding hydrogens is 414 g/mol. The number of ether oxygens (including phenoxy) is 1. The molecule has 2 aromatic carbocycles. The molecule has 1 heterocycles. The maximum atomic E-state index is 13.5. The van der Waals surface area contributed by atoms with Crippen LogP contribution in [0, 0.1) is 10.1 Å². The predicted molar refractivity (Wildman–Crippen MR) is 118 cm³/mol. The summed E-state index contributed by atoms with van der Waals surface area (Å²) in [7, 11) is 1.49. The molecule has 9 nitrogen and oxygen atoms in total. The van der Waals surface area contributed by atoms with Gasteiger partial charge in [0.1, 0.15) is 5.75 Å². The van der Waals surface area contributed by atoms with Crippen LogP contribution in [0.3, 0.4) is 0 Å². The summed E-state index contributed by atoms with van der Waals surface area (Å²) in [5, 5.41) is 21.2. The van der Waals surface area contributed by atoms with Gasteiger partial charge >= 0.3 is 5.69 Å². The van der Waals surface area contributed by atoms with E-state index in [-0.39, 0.29) is 35.9 Å². The van der Waals surface area contributed by atoms with E-state index in [1.807, 2.05) is 0 Å². The summed E-state index contributed by atoms with van der Waals surface area (Å²) >= 11 is 0. The van der Waals surface area contributed by atoms with Crippen LogP contribution in [-0.2, 0) is 6.54 Å². The molecule has 0 radical (unpaired) electrons. The first-order valence-corrected chi connectivity index (χ1v) is 10.5. The Kier molecular flexibility index (Phi) is 5.84. The van der Waals surface area contributed by atoms with Gasteiger partial charge in [0.25, 0.3) is 5.69 Å². The average Bonchev–Trinajstić information content (AvgIpc) is 3.05. The van der Waals surface area contributed by atoms with E-state index in [2.05, 4.69) is 0 Å². The van der Waals surface area contributed by atoms with Crippen LogP contribution in [0.1, 0.15) is 54.6 Å². The smallest absolute Gasteiger partial charge is 0.329 e. The van der Waals surface area contributed by atoms with Crippen LogP contribution in [0.5, 0.6) is 5.75 Å². The van der Waals surface area contributed by atoms with Crippen molar-refractivity contribution in [1.29, 1.82) is 0 Å². The number of imidazole rings is 1. The highest BCUT2D eigenvalue weighted by atomic mass is 16.6. The number of hydrogen-bond acceptors (Lipinski definition) is 6. The van der Waals surface area contributed by atoms with Crippen LogP contribution < -0.4 is 10.4 Å². The number of nitrogens with zero attached hydrogens (tertiary/aromatic N) is 3. The number of methoxy groups -OCH3 is 1. The molecular formula is C23H25N3O6. The number of ketones is 1. The maximum Gasteiger partial charge on any atom is 0.329 e. The highest BCUT2D eigenvalue weighted by molar-refractivity contribution is 5.97. The molecule has 0 atom stereocenters. The van der Waals surface area contributed by atoms with Crippen LogP contribution in [-0.4, -0.2) is 38.2 Å². The monoisotopic (exact) mass is 439 g/mol. The first-order chi connectivity index (χ1) is 15.3. The van der Waals surface area contributed by atoms with Gasteiger partial charge in [0.2, 0.25) is 0 Å². The third-order valence-corrected chi connectivity index (χ3v) is 6.17. The maximum absolute atomic E-state index is 13.5. The van der Waals surface area contributed by atoms with Crippen LogP contribution in [0.15, 0.2) is 41.2 Å². The van der Waals surface area contributed by atoms with Crippen molar-refractivity contribution in [2.24, 2.45) is 0 Å². The summed E-state index contributed by atoms with van der Waals surface area (Å²) in [4.78, 5) is 36.4. The van der Waals surface area contributed by atoms with Gasteiger partial charge in [-0.05, 0) is 56.4 Å². The van der Waals surface area contributed by atoms with E-state index in [0.29, 0.717) is 53.6 Å². The molecule has 0 saturated heterocycles. The average molecular weight is 439 g/mol. The number of carbonyl (C=O) groups is 1. The molecule has 168 valence electrons. The first kappa shape index (κ1) is 21.8. The molecule has 0 amide bonds. The van der Waals surface area contributed by atoms with Gasteiger partial charge in [-0.15, -0.1) is 0 Å². The zero-order valence-electron chi connectivity index (χ0n) is 18.0. The van der Waals surface area contributed by atoms with Crippen molar-refractivity contribution in [3.05, 3.63) is 68.1 Å². The lowest BCUT2D eigenvalue weighted by Gasteiger charge is -2.26. The van der Waals surface area contributed by atoms with Crippen molar-refractivity contribution in [2.45, 2.75) is 51.3 Å². The number of nitro benzene ring substituents is 1. The largest absolute Gasteiger partial charge is 0.496 e. The SMILES string of the molecule is COc1ccc(Cn2c(=O)n(C3CCC(O)CC3)c3ccc([N+](=O)[O-])cc32)cc1C(C)=O. The normalized spacial score (nSPS) is 18.6. The van der Waals surface area contributed by atoms with Crippen LogP contribution in [0.25, 0.3) is 11.0 Å². The second kappa shape index (κ2) is 8.58. The van der Waals surface area contributed by atoms with Crippen molar-refractivity contribution in [2.75, 3.05) is 7.11 Å². The molecule has 0 bridgehead atoms. The summed E-state index contributed by atoms with van der Waals surface area (Å²) in [5.74, 6) is 0.294. The number of non-ortho nitro benzene ring substituents is 1. The van der Waals surface area contributed by atoms with Gasteiger partial charge in [-0.1, -0.05) is 6.07 Å². The molecule has 9 heteroatoms. The quantitative estimate of drug-likeness (QED) is 0.357. The third-order valence-electron chi connectivity index (χ3n) is 6.17. The number of nitro groups is 1. The fourth-order valence-electron chi connectivity index (χ4n) is 4.51. The lowest BCUT2D eigenvalue weighted by Crippen LogP contribution is -2.31. The van der Waals surface area contributed by atoms with E-state index in [9.17, 15) is 24.8 Å². The molecule has 3 aromatic rings. The molecule has 1 N–H and O–H groups in total. The number of carbonyl (C=O) groups excluding carboxylic acids is 1. The summed E-state index contributed by atoms with van der Waals surface area (Å²) < 4.78 is 8.46. The topological polar surface area (TPSA) is 117 Å². The number of rotatable bonds is 6. The molecule has 1 saturated carbocycles. The van der Waals surface area contributed by atoms with Crippen LogP contribution >= 0.6 is 0 Å². The Morgan fingerprint density at radius 1 is 1.16 bits per heavy atom. The second-order valence-corrected chi connectivity index (χ2v) is 8.22. The number of hydrogen-bond donors (Lipinski definition) is 1. The minimum Gasteiger partial charge on any atom is -0.496 e. The van der Waals surface area contributed by atoms with Crippen LogP contribution in [0.4, 0.5) is 5.69 Å². The molecule has 1 aliphatic rings. The second-order valence-electron chi connectivity index (χ2n) is 8.22. The van der Waals surface area contributed by atoms with Gasteiger partial charge in [-0.3, -0.25) is 24.0 Å². The molecule has 0 aliphatic heterocycles. The number of benzene rings is 2. The predicted octanol–water partition coefficient (Wildman–Crippen LogP) is 3.45. The first-order valence-electron chi connectivity index (χ1n) is 10.5. The number of aliphatic hydroxyl groups excluding tert-OH is 1. The Hall–Kier alpha value is -3.46. The summed E-state index contributed by atoms with van der Waals surface area (Å²) in [6.07, 6.45) is 2.18. The number of Topliss-reactive ketones (excluding diaryl/α,β-unsaturated/α-hetero) is 1. The Bertz CT molecular complexity index is 1250. The number of aliphatic hydroxyl groups is 1. The van der Waals surface area contributed by atoms with Crippen molar-refractivity contribution in [3.63, 3.8) is 0 Å². The van der Waals surface area contributed by atoms with E-state index in [0.717, 1.165) is 0 Å². The Morgan fingerprint density at radius 3 is 2.50 bits per heavy atom. The van der Waals surface area contributed by atoms with Gasteiger partial charge < -0.3 is 9.84 Å². The standard InChI is InChI=1S/C23H25N3O6/c1-14(27)19-11-15(3-10-22(19)32-2)13-24-21-12-17(26(30)31)6-9-20(21)25(23(24)29)16-4-7-18(28)8-5-16/h3,6,9-12,16,18,28H,4-5,7-8,13H2,1-2H3. The van der Waals surface area contributed by atoms with E-state index in [1.54, 1.807) is 28.8 Å². The molecule has 0 spiro atoms. The lowest BCUT2D eigenvalue weighted by atomic mass is 9.93. The highest BCUT2D eigenvalue weighted by Crippen LogP contribution is 2.32. The lowest BCUT2D eigenvalue weighted by molar-refractivity contribution is -0.384. The Morgan fingerprint density at radius 2 is 1.88 bits per heavy atom. The zero-order valence-corrected chi connectivity index (χ0v) is 18.0. The van der Waals surface area contributed by atoms with Crippen molar-refractivity contribution < 1.29 is 19.6 Å². The van der Waals surface area contributed by atoms with Gasteiger partial charge in [0.15, 0.2) is 5.78 Å². The highest BCUT2D eigenvalue weighted by Gasteiger charge is 2.26. The van der Waals surface area contributed by atoms with E-state index in [4.69, 9.17) is 4.74 Å². The van der Waals surface area contributed by atoms with Crippen molar-refractivity contribution >= 4 is 22.5 Å². The van der Waals surface area contributed by atoms with E-state index >= 15 is 0 Å². The summed E-state index contributed by atoms with van der Waals surface area (Å²) in [6, 6.07) is 9.49. The van der Waals surface area contributed by atoms with Crippen molar-refractivity contribution in [1.82, 2.24) is 9.13 Å². The fraction of sp³-hybridized carbons (Fsp3) is 0.391. The molecule has 4 rings (SSSR count). The molecule has 32 heavy (non-hydrogen) atoms. The Labute approximate surface area is 184 Å². The van der Waals surface area contributed by atoms with Gasteiger partial charge in [0.05, 0.1) is 41.3 Å². The minimum atomic E-state index is -0.482. The molecule has 1 fully saturated rings. The number of fused-ring (bicyclic) bond motifs is 1. The van der Waals surface area contributed by atoms with Gasteiger partial charge in [-0.25, -0.2) is 4.79 Å². The summed E-state index contributed by atoms with van der Waals surface area (Å²) in [5.41, 5.74) is 1.86. The number of aromatic nitrogens is 2. The fourth-order valence-corrected chi connectivity index (χ4v) is 4.51. The molecule has 1 aromatic heterocycles. The van der Waals surface area contributed by atoms with E-state index < -0.39 is 4.92 Å². The van der Waals surface area contributed by atoms with E-state index in [1.165, 1.54) is 30.7 Å². The minimum absolute atomic E-state index is 0.0836. The van der Waals surface area contributed by atoms with Crippen LogP contribution in [0.2, 0.25) is 0 Å². The summed E-state index contributed by atoms with van der Waals surface area (Å²) in [6.45, 7) is 1.60.